The van der Waals surface area contributed by atoms with Gasteiger partial charge < -0.3 is 15.3 Å². The van der Waals surface area contributed by atoms with Gasteiger partial charge in [0, 0.05) is 5.92 Å². The summed E-state index contributed by atoms with van der Waals surface area (Å²) < 4.78 is 0. The maximum absolute atomic E-state index is 14.8. The molecule has 37 heavy (non-hydrogen) atoms. The second-order valence-corrected chi connectivity index (χ2v) is 13.0. The Hall–Kier alpha value is -2.05. The van der Waals surface area contributed by atoms with Crippen LogP contribution in [0.4, 0.5) is 0 Å². The van der Waals surface area contributed by atoms with Gasteiger partial charge in [0.1, 0.15) is 16.7 Å². The molecule has 3 aliphatic rings. The summed E-state index contributed by atoms with van der Waals surface area (Å²) in [6, 6.07) is 0. The van der Waals surface area contributed by atoms with E-state index in [1.807, 2.05) is 46.8 Å². The highest BCUT2D eigenvalue weighted by Gasteiger charge is 2.69. The van der Waals surface area contributed by atoms with Crippen molar-refractivity contribution in [2.75, 3.05) is 0 Å². The van der Waals surface area contributed by atoms with E-state index in [4.69, 9.17) is 0 Å². The number of fused-ring (bicyclic) bond motifs is 1. The van der Waals surface area contributed by atoms with E-state index in [9.17, 15) is 29.7 Å². The van der Waals surface area contributed by atoms with E-state index < -0.39 is 57.0 Å². The quantitative estimate of drug-likeness (QED) is 0.233. The lowest BCUT2D eigenvalue weighted by Crippen LogP contribution is -2.62. The zero-order valence-corrected chi connectivity index (χ0v) is 23.9. The van der Waals surface area contributed by atoms with Crippen LogP contribution in [-0.4, -0.2) is 43.9 Å². The van der Waals surface area contributed by atoms with Gasteiger partial charge in [-0.15, -0.1) is 0 Å². The zero-order chi connectivity index (χ0) is 28.1. The fraction of sp³-hybridized carbons (Fsp3) is 0.710. The fourth-order valence-electron chi connectivity index (χ4n) is 7.04. The Labute approximate surface area is 221 Å². The number of Topliss-reactive ketones (excluding diaryl/α,β-unsaturated/α-hetero) is 3. The van der Waals surface area contributed by atoms with Crippen molar-refractivity contribution in [2.24, 2.45) is 28.6 Å². The first-order valence-electron chi connectivity index (χ1n) is 13.8. The lowest BCUT2D eigenvalue weighted by molar-refractivity contribution is -0.168. The molecule has 0 unspecified atom stereocenters. The van der Waals surface area contributed by atoms with Gasteiger partial charge in [0.15, 0.2) is 17.3 Å². The van der Waals surface area contributed by atoms with Gasteiger partial charge in [0.2, 0.25) is 0 Å². The molecule has 0 radical (unpaired) electrons. The molecule has 0 bridgehead atoms. The van der Waals surface area contributed by atoms with Crippen LogP contribution in [-0.2, 0) is 14.4 Å². The summed E-state index contributed by atoms with van der Waals surface area (Å²) in [5, 5.41) is 34.8. The predicted octanol–water partition coefficient (Wildman–Crippen LogP) is 5.57. The molecule has 0 aromatic carbocycles. The van der Waals surface area contributed by atoms with Crippen molar-refractivity contribution < 1.29 is 29.7 Å². The minimum atomic E-state index is -1.63. The third kappa shape index (κ3) is 4.80. The monoisotopic (exact) mass is 514 g/mol. The maximum Gasteiger partial charge on any atom is 0.184 e. The number of carbonyl (C=O) groups excluding carboxylic acids is 3. The van der Waals surface area contributed by atoms with Crippen molar-refractivity contribution >= 4 is 17.3 Å². The average molecular weight is 515 g/mol. The van der Waals surface area contributed by atoms with Crippen molar-refractivity contribution in [1.29, 1.82) is 0 Å². The first-order valence-corrected chi connectivity index (χ1v) is 13.8. The van der Waals surface area contributed by atoms with Gasteiger partial charge in [-0.2, -0.15) is 0 Å². The molecule has 0 aliphatic heterocycles. The third-order valence-corrected chi connectivity index (χ3v) is 9.52. The molecular formula is C31H46O6. The van der Waals surface area contributed by atoms with E-state index in [2.05, 4.69) is 0 Å². The van der Waals surface area contributed by atoms with Crippen LogP contribution in [0.1, 0.15) is 100 Å². The van der Waals surface area contributed by atoms with Gasteiger partial charge in [-0.05, 0) is 98.3 Å². The Bertz CT molecular complexity index is 1040. The van der Waals surface area contributed by atoms with Gasteiger partial charge in [-0.1, -0.05) is 37.1 Å². The summed E-state index contributed by atoms with van der Waals surface area (Å²) in [6.45, 7) is 14.5. The number of aliphatic hydroxyl groups excluding tert-OH is 1. The van der Waals surface area contributed by atoms with Crippen molar-refractivity contribution in [3.63, 3.8) is 0 Å². The van der Waals surface area contributed by atoms with E-state index in [1.165, 1.54) is 0 Å². The van der Waals surface area contributed by atoms with Gasteiger partial charge in [-0.25, -0.2) is 0 Å². The van der Waals surface area contributed by atoms with Crippen LogP contribution in [0.25, 0.3) is 0 Å². The van der Waals surface area contributed by atoms with Crippen LogP contribution in [0.3, 0.4) is 0 Å². The van der Waals surface area contributed by atoms with Crippen LogP contribution >= 0.6 is 0 Å². The molecule has 3 N–H and O–H groups in total. The maximum atomic E-state index is 14.8. The molecule has 0 heterocycles. The SMILES string of the molecule is CC[C@@H](C)C(=O)C1=C(O)[C@]2(C[C@H]3[C@@H](CC[C@@]3(C)O)[C@@](C)(O)C2)C(=O)C(CC=C(C)C)(CC=C(C)C)C1=O. The van der Waals surface area contributed by atoms with Gasteiger partial charge >= 0.3 is 0 Å². The highest BCUT2D eigenvalue weighted by Crippen LogP contribution is 2.63. The molecule has 6 nitrogen and oxygen atoms in total. The number of hydrogen-bond acceptors (Lipinski definition) is 6. The highest BCUT2D eigenvalue weighted by atomic mass is 16.3. The van der Waals surface area contributed by atoms with E-state index in [0.29, 0.717) is 19.3 Å². The Morgan fingerprint density at radius 2 is 1.54 bits per heavy atom. The first-order chi connectivity index (χ1) is 17.0. The number of allylic oxidation sites excluding steroid dienone is 6. The number of ketones is 3. The van der Waals surface area contributed by atoms with Crippen molar-refractivity contribution in [3.8, 4) is 0 Å². The second kappa shape index (κ2) is 9.92. The molecule has 0 aromatic heterocycles. The normalized spacial score (nSPS) is 35.8. The summed E-state index contributed by atoms with van der Waals surface area (Å²) in [6.07, 6.45) is 5.50. The van der Waals surface area contributed by atoms with Crippen molar-refractivity contribution in [3.05, 3.63) is 34.6 Å². The lowest BCUT2D eigenvalue weighted by atomic mass is 9.48. The number of aliphatic hydroxyl groups is 3. The minimum absolute atomic E-state index is 0.0854. The second-order valence-electron chi connectivity index (χ2n) is 13.0. The van der Waals surface area contributed by atoms with E-state index in [0.717, 1.165) is 11.1 Å². The molecule has 0 saturated heterocycles. The number of carbonyl (C=O) groups is 3. The summed E-state index contributed by atoms with van der Waals surface area (Å²) in [5.74, 6) is -3.25. The Kier molecular flexibility index (Phi) is 7.91. The van der Waals surface area contributed by atoms with Crippen LogP contribution in [0, 0.1) is 28.6 Å². The van der Waals surface area contributed by atoms with E-state index in [1.54, 1.807) is 20.8 Å². The fourth-order valence-corrected chi connectivity index (χ4v) is 7.04. The molecule has 3 aliphatic carbocycles. The summed E-state index contributed by atoms with van der Waals surface area (Å²) in [4.78, 5) is 42.7. The summed E-state index contributed by atoms with van der Waals surface area (Å²) in [7, 11) is 0. The largest absolute Gasteiger partial charge is 0.510 e. The molecule has 1 spiro atoms. The van der Waals surface area contributed by atoms with E-state index >= 15 is 0 Å². The minimum Gasteiger partial charge on any atom is -0.510 e. The first kappa shape index (κ1) is 29.5. The predicted molar refractivity (Wildman–Crippen MR) is 144 cm³/mol. The van der Waals surface area contributed by atoms with Crippen LogP contribution < -0.4 is 0 Å². The molecule has 3 rings (SSSR count). The average Bonchev–Trinajstić information content (AvgIpc) is 3.11. The molecule has 206 valence electrons. The smallest absolute Gasteiger partial charge is 0.184 e. The zero-order valence-electron chi connectivity index (χ0n) is 23.9. The molecule has 2 fully saturated rings. The molecule has 6 heteroatoms. The summed E-state index contributed by atoms with van der Waals surface area (Å²) in [5.41, 5.74) is -4.11. The number of hydrogen-bond donors (Lipinski definition) is 3. The Morgan fingerprint density at radius 3 is 2.03 bits per heavy atom. The standard InChI is InChI=1S/C31H46O6/c1-9-20(6)24(32)23-25(33)30(14-10-18(2)3,15-11-19(4)5)27(35)31(26(23)34)16-22-21(29(8,37)17-31)12-13-28(22,7)36/h10-11,20-22,34,36-37H,9,12-17H2,1-8H3/t20-,21-,22+,28-,29+,31-/m1/s1. The van der Waals surface area contributed by atoms with Gasteiger partial charge in [0.05, 0.1) is 16.6 Å². The van der Waals surface area contributed by atoms with Gasteiger partial charge in [0.25, 0.3) is 0 Å². The topological polar surface area (TPSA) is 112 Å². The molecule has 2 saturated carbocycles. The van der Waals surface area contributed by atoms with Crippen LogP contribution in [0.15, 0.2) is 34.6 Å². The number of rotatable bonds is 7. The molecular weight excluding hydrogens is 468 g/mol. The molecule has 0 amide bonds. The third-order valence-electron chi connectivity index (χ3n) is 9.52. The van der Waals surface area contributed by atoms with E-state index in [-0.39, 0.29) is 37.2 Å². The van der Waals surface area contributed by atoms with Crippen LogP contribution in [0.2, 0.25) is 0 Å². The van der Waals surface area contributed by atoms with Crippen molar-refractivity contribution in [1.82, 2.24) is 0 Å². The highest BCUT2D eigenvalue weighted by molar-refractivity contribution is 6.31. The molecule has 6 atom stereocenters. The van der Waals surface area contributed by atoms with Crippen molar-refractivity contribution in [2.45, 2.75) is 112 Å². The molecule has 0 aromatic rings. The Balaban J connectivity index is 2.37. The van der Waals surface area contributed by atoms with Crippen LogP contribution in [0.5, 0.6) is 0 Å². The van der Waals surface area contributed by atoms with Gasteiger partial charge in [-0.3, -0.25) is 14.4 Å². The lowest BCUT2D eigenvalue weighted by Gasteiger charge is -2.55. The summed E-state index contributed by atoms with van der Waals surface area (Å²) >= 11 is 0. The Morgan fingerprint density at radius 1 is 1.00 bits per heavy atom.